The maximum absolute atomic E-state index is 12.5. The number of hydrogen-bond acceptors (Lipinski definition) is 4. The molecule has 6 heteroatoms. The fourth-order valence-corrected chi connectivity index (χ4v) is 3.17. The number of benzene rings is 2. The molecule has 0 aliphatic carbocycles. The number of amides is 1. The fourth-order valence-electron chi connectivity index (χ4n) is 2.38. The van der Waals surface area contributed by atoms with Crippen molar-refractivity contribution in [3.63, 3.8) is 0 Å². The topological polar surface area (TPSA) is 67.4 Å². The van der Waals surface area contributed by atoms with Gasteiger partial charge in [0.1, 0.15) is 5.75 Å². The van der Waals surface area contributed by atoms with Gasteiger partial charge < -0.3 is 15.4 Å². The van der Waals surface area contributed by atoms with Gasteiger partial charge in [-0.1, -0.05) is 24.3 Å². The van der Waals surface area contributed by atoms with Crippen LogP contribution in [0.5, 0.6) is 5.75 Å². The van der Waals surface area contributed by atoms with Gasteiger partial charge in [-0.15, -0.1) is 0 Å². The fraction of sp³-hybridized carbons (Fsp3) is 0.278. The normalized spacial score (nSPS) is 13.0. The third kappa shape index (κ3) is 4.83. The maximum atomic E-state index is 12.5. The summed E-state index contributed by atoms with van der Waals surface area (Å²) in [6.45, 7) is 1.84. The number of carbonyl (C=O) groups is 1. The van der Waals surface area contributed by atoms with Crippen LogP contribution in [-0.2, 0) is 10.8 Å². The first-order valence-corrected chi connectivity index (χ1v) is 9.34. The number of rotatable bonds is 7. The first kappa shape index (κ1) is 18.0. The van der Waals surface area contributed by atoms with Crippen molar-refractivity contribution in [3.05, 3.63) is 54.1 Å². The van der Waals surface area contributed by atoms with E-state index in [9.17, 15) is 9.00 Å². The molecule has 2 aromatic carbocycles. The van der Waals surface area contributed by atoms with Crippen molar-refractivity contribution < 1.29 is 13.7 Å². The quantitative estimate of drug-likeness (QED) is 0.809. The third-order valence-corrected chi connectivity index (χ3v) is 4.38. The molecule has 0 spiro atoms. The van der Waals surface area contributed by atoms with Crippen LogP contribution in [0.15, 0.2) is 48.5 Å². The lowest BCUT2D eigenvalue weighted by molar-refractivity contribution is 0.0944. The number of ether oxygens (including phenoxy) is 1. The highest BCUT2D eigenvalue weighted by atomic mass is 32.2. The number of methoxy groups -OCH3 is 1. The summed E-state index contributed by atoms with van der Waals surface area (Å²) in [6, 6.07) is 14.6. The zero-order valence-corrected chi connectivity index (χ0v) is 14.9. The van der Waals surface area contributed by atoms with Crippen LogP contribution in [0.1, 0.15) is 17.3 Å². The molecule has 128 valence electrons. The highest BCUT2D eigenvalue weighted by Crippen LogP contribution is 2.28. The average molecular weight is 346 g/mol. The first-order chi connectivity index (χ1) is 11.5. The Morgan fingerprint density at radius 1 is 1.12 bits per heavy atom. The maximum Gasteiger partial charge on any atom is 0.253 e. The minimum atomic E-state index is -0.957. The van der Waals surface area contributed by atoms with E-state index >= 15 is 0 Å². The highest BCUT2D eigenvalue weighted by molar-refractivity contribution is 7.84. The Morgan fingerprint density at radius 2 is 1.75 bits per heavy atom. The molecule has 0 saturated heterocycles. The van der Waals surface area contributed by atoms with Crippen molar-refractivity contribution in [1.82, 2.24) is 5.32 Å². The van der Waals surface area contributed by atoms with Crippen molar-refractivity contribution in [2.45, 2.75) is 13.0 Å². The summed E-state index contributed by atoms with van der Waals surface area (Å²) in [4.78, 5) is 12.5. The number of hydrogen-bond donors (Lipinski definition) is 2. The van der Waals surface area contributed by atoms with Gasteiger partial charge in [-0.05, 0) is 31.2 Å². The SMILES string of the molecule is COc1ccccc1Nc1ccccc1C(=O)N[C@H](C)C[S@](C)=O. The Kier molecular flexibility index (Phi) is 6.37. The molecule has 0 bridgehead atoms. The molecule has 1 amide bonds. The highest BCUT2D eigenvalue weighted by Gasteiger charge is 2.15. The summed E-state index contributed by atoms with van der Waals surface area (Å²) >= 11 is 0. The van der Waals surface area contributed by atoms with Gasteiger partial charge in [-0.3, -0.25) is 9.00 Å². The molecule has 0 radical (unpaired) electrons. The molecule has 2 rings (SSSR count). The van der Waals surface area contributed by atoms with Gasteiger partial charge in [0, 0.05) is 28.9 Å². The van der Waals surface area contributed by atoms with E-state index in [2.05, 4.69) is 10.6 Å². The van der Waals surface area contributed by atoms with E-state index in [0.717, 1.165) is 5.69 Å². The van der Waals surface area contributed by atoms with Gasteiger partial charge in [-0.25, -0.2) is 0 Å². The Labute approximate surface area is 144 Å². The van der Waals surface area contributed by atoms with Crippen molar-refractivity contribution in [2.24, 2.45) is 0 Å². The minimum absolute atomic E-state index is 0.164. The zero-order valence-electron chi connectivity index (χ0n) is 14.0. The number of anilines is 2. The minimum Gasteiger partial charge on any atom is -0.495 e. The molecule has 2 atom stereocenters. The van der Waals surface area contributed by atoms with Crippen molar-refractivity contribution in [3.8, 4) is 5.75 Å². The molecule has 0 aliphatic rings. The average Bonchev–Trinajstić information content (AvgIpc) is 2.55. The van der Waals surface area contributed by atoms with Gasteiger partial charge in [0.15, 0.2) is 0 Å². The molecule has 0 aromatic heterocycles. The van der Waals surface area contributed by atoms with Crippen molar-refractivity contribution in [2.75, 3.05) is 24.4 Å². The molecule has 0 aliphatic heterocycles. The molecule has 2 N–H and O–H groups in total. The van der Waals surface area contributed by atoms with Crippen molar-refractivity contribution >= 4 is 28.1 Å². The van der Waals surface area contributed by atoms with Crippen LogP contribution in [0.25, 0.3) is 0 Å². The molecule has 0 unspecified atom stereocenters. The molecule has 2 aromatic rings. The van der Waals surface area contributed by atoms with E-state index in [0.29, 0.717) is 22.8 Å². The molecule has 0 heterocycles. The van der Waals surface area contributed by atoms with Gasteiger partial charge >= 0.3 is 0 Å². The largest absolute Gasteiger partial charge is 0.495 e. The van der Waals surface area contributed by atoms with Crippen LogP contribution >= 0.6 is 0 Å². The smallest absolute Gasteiger partial charge is 0.253 e. The predicted octanol–water partition coefficient (Wildman–Crippen LogP) is 2.94. The molecular formula is C18H22N2O3S. The van der Waals surface area contributed by atoms with Gasteiger partial charge in [0.25, 0.3) is 5.91 Å². The lowest BCUT2D eigenvalue weighted by Gasteiger charge is -2.16. The van der Waals surface area contributed by atoms with Crippen LogP contribution < -0.4 is 15.4 Å². The molecule has 0 fully saturated rings. The summed E-state index contributed by atoms with van der Waals surface area (Å²) in [5.74, 6) is 0.918. The van der Waals surface area contributed by atoms with Crippen LogP contribution in [0.4, 0.5) is 11.4 Å². The Hall–Kier alpha value is -2.34. The van der Waals surface area contributed by atoms with Gasteiger partial charge in [0.05, 0.1) is 24.0 Å². The van der Waals surface area contributed by atoms with E-state index in [4.69, 9.17) is 4.74 Å². The van der Waals surface area contributed by atoms with Gasteiger partial charge in [0.2, 0.25) is 0 Å². The molecular weight excluding hydrogens is 324 g/mol. The van der Waals surface area contributed by atoms with E-state index in [1.807, 2.05) is 49.4 Å². The Morgan fingerprint density at radius 3 is 2.42 bits per heavy atom. The predicted molar refractivity (Wildman–Crippen MR) is 98.6 cm³/mol. The standard InChI is InChI=1S/C18H22N2O3S/c1-13(12-24(3)22)19-18(21)14-8-4-5-9-15(14)20-16-10-6-7-11-17(16)23-2/h4-11,13,20H,12H2,1-3H3,(H,19,21)/t13-,24+/m1/s1. The molecule has 24 heavy (non-hydrogen) atoms. The van der Waals surface area contributed by atoms with Crippen LogP contribution in [-0.4, -0.2) is 35.3 Å². The third-order valence-electron chi connectivity index (χ3n) is 3.41. The summed E-state index contributed by atoms with van der Waals surface area (Å²) in [5.41, 5.74) is 1.99. The second-order valence-corrected chi connectivity index (χ2v) is 6.96. The van der Waals surface area contributed by atoms with Gasteiger partial charge in [-0.2, -0.15) is 0 Å². The van der Waals surface area contributed by atoms with E-state index in [1.54, 1.807) is 19.4 Å². The summed E-state index contributed by atoms with van der Waals surface area (Å²) in [5, 5.41) is 6.12. The van der Waals surface area contributed by atoms with E-state index in [1.165, 1.54) is 0 Å². The lowest BCUT2D eigenvalue weighted by atomic mass is 10.1. The van der Waals surface area contributed by atoms with E-state index < -0.39 is 10.8 Å². The zero-order chi connectivity index (χ0) is 17.5. The Balaban J connectivity index is 2.21. The number of carbonyl (C=O) groups excluding carboxylic acids is 1. The summed E-state index contributed by atoms with van der Waals surface area (Å²) in [7, 11) is 0.646. The monoisotopic (exact) mass is 346 g/mol. The second kappa shape index (κ2) is 8.49. The number of nitrogens with one attached hydrogen (secondary N) is 2. The molecule has 0 saturated carbocycles. The van der Waals surface area contributed by atoms with Crippen molar-refractivity contribution in [1.29, 1.82) is 0 Å². The van der Waals surface area contributed by atoms with E-state index in [-0.39, 0.29) is 11.9 Å². The number of para-hydroxylation sites is 3. The summed E-state index contributed by atoms with van der Waals surface area (Å²) in [6.07, 6.45) is 1.62. The molecule has 5 nitrogen and oxygen atoms in total. The van der Waals surface area contributed by atoms with Crippen LogP contribution in [0, 0.1) is 0 Å². The van der Waals surface area contributed by atoms with Crippen LogP contribution in [0.3, 0.4) is 0 Å². The first-order valence-electron chi connectivity index (χ1n) is 7.61. The summed E-state index contributed by atoms with van der Waals surface area (Å²) < 4.78 is 16.6. The lowest BCUT2D eigenvalue weighted by Crippen LogP contribution is -2.36. The second-order valence-electron chi connectivity index (χ2n) is 5.49. The Bertz CT molecular complexity index is 734. The van der Waals surface area contributed by atoms with Crippen LogP contribution in [0.2, 0.25) is 0 Å².